The van der Waals surface area contributed by atoms with Crippen LogP contribution in [0.15, 0.2) is 47.4 Å². The van der Waals surface area contributed by atoms with Gasteiger partial charge in [-0.1, -0.05) is 37.3 Å². The Hall–Kier alpha value is -1.21. The fourth-order valence-electron chi connectivity index (χ4n) is 1.93. The van der Waals surface area contributed by atoms with Crippen LogP contribution in [0.1, 0.15) is 18.1 Å². The summed E-state index contributed by atoms with van der Waals surface area (Å²) in [4.78, 5) is 1.01. The molecule has 16 heavy (non-hydrogen) atoms. The van der Waals surface area contributed by atoms with Crippen molar-refractivity contribution in [3.8, 4) is 11.1 Å². The SMILES string of the molecule is CCc1ccc(-c2ccc(S)cc2)cc1C. The molecule has 2 aromatic rings. The van der Waals surface area contributed by atoms with Crippen molar-refractivity contribution in [2.24, 2.45) is 0 Å². The molecule has 0 nitrogen and oxygen atoms in total. The lowest BCUT2D eigenvalue weighted by Gasteiger charge is -2.07. The quantitative estimate of drug-likeness (QED) is 0.718. The van der Waals surface area contributed by atoms with Crippen molar-refractivity contribution in [3.05, 3.63) is 53.6 Å². The molecule has 0 heterocycles. The first kappa shape index (κ1) is 11.3. The maximum Gasteiger partial charge on any atom is 0.00404 e. The highest BCUT2D eigenvalue weighted by Crippen LogP contribution is 2.23. The third-order valence-corrected chi connectivity index (χ3v) is 3.22. The van der Waals surface area contributed by atoms with Crippen LogP contribution in [0.3, 0.4) is 0 Å². The average Bonchev–Trinajstić information content (AvgIpc) is 2.30. The fourth-order valence-corrected chi connectivity index (χ4v) is 2.08. The van der Waals surface area contributed by atoms with Gasteiger partial charge >= 0.3 is 0 Å². The standard InChI is InChI=1S/C15H16S/c1-3-12-4-5-14(10-11(12)2)13-6-8-15(16)9-7-13/h4-10,16H,3H2,1-2H3. The van der Waals surface area contributed by atoms with Crippen LogP contribution in [0.5, 0.6) is 0 Å². The summed E-state index contributed by atoms with van der Waals surface area (Å²) in [6.45, 7) is 4.37. The van der Waals surface area contributed by atoms with Gasteiger partial charge in [0.25, 0.3) is 0 Å². The van der Waals surface area contributed by atoms with Gasteiger partial charge in [0, 0.05) is 4.90 Å². The second kappa shape index (κ2) is 4.75. The largest absolute Gasteiger partial charge is 0.143 e. The lowest BCUT2D eigenvalue weighted by atomic mass is 9.99. The zero-order chi connectivity index (χ0) is 11.5. The first-order chi connectivity index (χ1) is 7.70. The maximum atomic E-state index is 4.30. The Morgan fingerprint density at radius 3 is 2.12 bits per heavy atom. The number of benzene rings is 2. The zero-order valence-electron chi connectivity index (χ0n) is 9.70. The van der Waals surface area contributed by atoms with Crippen LogP contribution in [-0.4, -0.2) is 0 Å². The molecule has 0 amide bonds. The van der Waals surface area contributed by atoms with Gasteiger partial charge in [0.1, 0.15) is 0 Å². The summed E-state index contributed by atoms with van der Waals surface area (Å²) in [6.07, 6.45) is 1.10. The molecule has 0 bridgehead atoms. The molecule has 0 atom stereocenters. The first-order valence-electron chi connectivity index (χ1n) is 5.59. The van der Waals surface area contributed by atoms with Crippen molar-refractivity contribution in [3.63, 3.8) is 0 Å². The predicted octanol–water partition coefficient (Wildman–Crippen LogP) is 4.51. The van der Waals surface area contributed by atoms with E-state index in [1.165, 1.54) is 22.3 Å². The van der Waals surface area contributed by atoms with E-state index in [0.717, 1.165) is 11.3 Å². The van der Waals surface area contributed by atoms with Gasteiger partial charge in [0.05, 0.1) is 0 Å². The van der Waals surface area contributed by atoms with Crippen molar-refractivity contribution in [2.75, 3.05) is 0 Å². The molecule has 2 aromatic carbocycles. The minimum absolute atomic E-state index is 1.01. The molecule has 82 valence electrons. The molecule has 0 unspecified atom stereocenters. The van der Waals surface area contributed by atoms with Crippen LogP contribution in [0.4, 0.5) is 0 Å². The summed E-state index contributed by atoms with van der Waals surface area (Å²) in [5, 5.41) is 0. The van der Waals surface area contributed by atoms with E-state index in [1.807, 2.05) is 12.1 Å². The van der Waals surface area contributed by atoms with E-state index in [1.54, 1.807) is 0 Å². The molecular formula is C15H16S. The Morgan fingerprint density at radius 2 is 1.56 bits per heavy atom. The van der Waals surface area contributed by atoms with Crippen molar-refractivity contribution in [1.29, 1.82) is 0 Å². The Balaban J connectivity index is 2.41. The summed E-state index contributed by atoms with van der Waals surface area (Å²) >= 11 is 4.30. The number of aryl methyl sites for hydroxylation is 2. The molecule has 0 saturated heterocycles. The molecule has 0 aliphatic heterocycles. The Labute approximate surface area is 103 Å². The van der Waals surface area contributed by atoms with E-state index in [9.17, 15) is 0 Å². The highest BCUT2D eigenvalue weighted by molar-refractivity contribution is 7.80. The molecule has 0 aromatic heterocycles. The third-order valence-electron chi connectivity index (χ3n) is 2.92. The Morgan fingerprint density at radius 1 is 0.938 bits per heavy atom. The molecule has 0 aliphatic rings. The van der Waals surface area contributed by atoms with Gasteiger partial charge in [-0.05, 0) is 47.7 Å². The second-order valence-electron chi connectivity index (χ2n) is 4.04. The molecule has 2 rings (SSSR count). The maximum absolute atomic E-state index is 4.30. The normalized spacial score (nSPS) is 10.4. The van der Waals surface area contributed by atoms with Crippen LogP contribution in [0, 0.1) is 6.92 Å². The second-order valence-corrected chi connectivity index (χ2v) is 4.56. The van der Waals surface area contributed by atoms with E-state index in [-0.39, 0.29) is 0 Å². The monoisotopic (exact) mass is 228 g/mol. The topological polar surface area (TPSA) is 0 Å². The molecule has 1 heteroatoms. The van der Waals surface area contributed by atoms with E-state index in [0.29, 0.717) is 0 Å². The van der Waals surface area contributed by atoms with Crippen molar-refractivity contribution in [1.82, 2.24) is 0 Å². The van der Waals surface area contributed by atoms with Gasteiger partial charge in [0.2, 0.25) is 0 Å². The van der Waals surface area contributed by atoms with Crippen molar-refractivity contribution in [2.45, 2.75) is 25.2 Å². The highest BCUT2D eigenvalue weighted by Gasteiger charge is 2.00. The van der Waals surface area contributed by atoms with Gasteiger partial charge in [-0.2, -0.15) is 0 Å². The summed E-state index contributed by atoms with van der Waals surface area (Å²) in [7, 11) is 0. The van der Waals surface area contributed by atoms with Gasteiger partial charge in [0.15, 0.2) is 0 Å². The minimum atomic E-state index is 1.01. The lowest BCUT2D eigenvalue weighted by Crippen LogP contribution is -1.87. The smallest absolute Gasteiger partial charge is 0.00404 e. The van der Waals surface area contributed by atoms with E-state index < -0.39 is 0 Å². The zero-order valence-corrected chi connectivity index (χ0v) is 10.6. The van der Waals surface area contributed by atoms with E-state index >= 15 is 0 Å². The van der Waals surface area contributed by atoms with Gasteiger partial charge in [-0.25, -0.2) is 0 Å². The molecule has 0 aliphatic carbocycles. The molecule has 0 saturated carbocycles. The molecule has 0 spiro atoms. The average molecular weight is 228 g/mol. The van der Waals surface area contributed by atoms with Gasteiger partial charge < -0.3 is 0 Å². The molecule has 0 radical (unpaired) electrons. The molecular weight excluding hydrogens is 212 g/mol. The number of rotatable bonds is 2. The summed E-state index contributed by atoms with van der Waals surface area (Å²) < 4.78 is 0. The summed E-state index contributed by atoms with van der Waals surface area (Å²) in [6, 6.07) is 15.0. The Bertz CT molecular complexity index is 483. The lowest BCUT2D eigenvalue weighted by molar-refractivity contribution is 1.11. The van der Waals surface area contributed by atoms with Crippen LogP contribution >= 0.6 is 12.6 Å². The molecule has 0 fully saturated rings. The molecule has 0 N–H and O–H groups in total. The Kier molecular flexibility index (Phi) is 3.35. The van der Waals surface area contributed by atoms with Crippen LogP contribution in [0.25, 0.3) is 11.1 Å². The van der Waals surface area contributed by atoms with Gasteiger partial charge in [-0.15, -0.1) is 12.6 Å². The highest BCUT2D eigenvalue weighted by atomic mass is 32.1. The minimum Gasteiger partial charge on any atom is -0.143 e. The summed E-state index contributed by atoms with van der Waals surface area (Å²) in [5.74, 6) is 0. The third kappa shape index (κ3) is 2.30. The van der Waals surface area contributed by atoms with E-state index in [2.05, 4.69) is 56.8 Å². The number of thiol groups is 1. The van der Waals surface area contributed by atoms with Crippen LogP contribution in [0.2, 0.25) is 0 Å². The van der Waals surface area contributed by atoms with Crippen molar-refractivity contribution < 1.29 is 0 Å². The summed E-state index contributed by atoms with van der Waals surface area (Å²) in [5.41, 5.74) is 5.33. The van der Waals surface area contributed by atoms with Gasteiger partial charge in [-0.3, -0.25) is 0 Å². The fraction of sp³-hybridized carbons (Fsp3) is 0.200. The van der Waals surface area contributed by atoms with Crippen LogP contribution in [-0.2, 0) is 6.42 Å². The number of hydrogen-bond donors (Lipinski definition) is 1. The first-order valence-corrected chi connectivity index (χ1v) is 6.04. The van der Waals surface area contributed by atoms with Crippen LogP contribution < -0.4 is 0 Å². The van der Waals surface area contributed by atoms with E-state index in [4.69, 9.17) is 0 Å². The van der Waals surface area contributed by atoms with Crippen molar-refractivity contribution >= 4 is 12.6 Å². The predicted molar refractivity (Wildman–Crippen MR) is 73.2 cm³/mol. The number of hydrogen-bond acceptors (Lipinski definition) is 1.